The standard InChI is InChI=1S/C29H29ClN2O4S/c1-21(17-23-11-8-10-22-9-6-7-14-26(22)23)19-31-29(33)20-32(24-15-16-28(36-2)27(30)18-24)37(34,35)25-12-4-3-5-13-25/h3-16,18,21H,17,19-20H2,1-2H3,(H,31,33). The zero-order chi connectivity index (χ0) is 26.4. The van der Waals surface area contributed by atoms with E-state index >= 15 is 0 Å². The largest absolute Gasteiger partial charge is 0.495 e. The molecule has 0 radical (unpaired) electrons. The molecule has 1 unspecified atom stereocenters. The number of rotatable bonds is 10. The minimum absolute atomic E-state index is 0.0825. The van der Waals surface area contributed by atoms with Gasteiger partial charge in [-0.05, 0) is 59.0 Å². The van der Waals surface area contributed by atoms with Crippen molar-refractivity contribution >= 4 is 44.0 Å². The Morgan fingerprint density at radius 2 is 1.68 bits per heavy atom. The van der Waals surface area contributed by atoms with Crippen LogP contribution >= 0.6 is 11.6 Å². The summed E-state index contributed by atoms with van der Waals surface area (Å²) in [7, 11) is -2.55. The van der Waals surface area contributed by atoms with Crippen LogP contribution in [0.25, 0.3) is 10.8 Å². The SMILES string of the molecule is COc1ccc(N(CC(=O)NCC(C)Cc2cccc3ccccc23)S(=O)(=O)c2ccccc2)cc1Cl. The van der Waals surface area contributed by atoms with E-state index in [0.717, 1.165) is 10.7 Å². The Kier molecular flexibility index (Phi) is 8.36. The average Bonchev–Trinajstić information content (AvgIpc) is 2.91. The summed E-state index contributed by atoms with van der Waals surface area (Å²) in [5, 5.41) is 5.53. The molecule has 1 amide bonds. The molecule has 0 fully saturated rings. The number of carbonyl (C=O) groups is 1. The molecule has 192 valence electrons. The predicted molar refractivity (Wildman–Crippen MR) is 149 cm³/mol. The van der Waals surface area contributed by atoms with Gasteiger partial charge in [0.2, 0.25) is 5.91 Å². The summed E-state index contributed by atoms with van der Waals surface area (Å²) in [5.74, 6) is 0.148. The first-order valence-electron chi connectivity index (χ1n) is 11.9. The van der Waals surface area contributed by atoms with Gasteiger partial charge in [-0.15, -0.1) is 0 Å². The second-order valence-corrected chi connectivity index (χ2v) is 11.2. The molecule has 0 aliphatic heterocycles. The van der Waals surface area contributed by atoms with Crippen molar-refractivity contribution in [2.45, 2.75) is 18.2 Å². The Hall–Kier alpha value is -3.55. The van der Waals surface area contributed by atoms with Crippen LogP contribution in [-0.2, 0) is 21.2 Å². The molecule has 4 aromatic rings. The summed E-state index contributed by atoms with van der Waals surface area (Å²) in [4.78, 5) is 13.1. The summed E-state index contributed by atoms with van der Waals surface area (Å²) in [6.45, 7) is 2.08. The lowest BCUT2D eigenvalue weighted by atomic mass is 9.96. The first-order valence-corrected chi connectivity index (χ1v) is 13.8. The fourth-order valence-corrected chi connectivity index (χ4v) is 5.92. The lowest BCUT2D eigenvalue weighted by Crippen LogP contribution is -2.42. The van der Waals surface area contributed by atoms with Crippen LogP contribution in [0.4, 0.5) is 5.69 Å². The maximum atomic E-state index is 13.5. The van der Waals surface area contributed by atoms with Gasteiger partial charge in [-0.25, -0.2) is 8.42 Å². The maximum absolute atomic E-state index is 13.5. The summed E-state index contributed by atoms with van der Waals surface area (Å²) in [6.07, 6.45) is 0.780. The summed E-state index contributed by atoms with van der Waals surface area (Å²) >= 11 is 6.28. The number of amides is 1. The summed E-state index contributed by atoms with van der Waals surface area (Å²) in [6, 6.07) is 27.1. The van der Waals surface area contributed by atoms with E-state index in [-0.39, 0.29) is 28.1 Å². The zero-order valence-corrected chi connectivity index (χ0v) is 22.3. The molecule has 6 nitrogen and oxygen atoms in total. The Labute approximate surface area is 222 Å². The minimum atomic E-state index is -4.02. The third-order valence-corrected chi connectivity index (χ3v) is 8.22. The predicted octanol–water partition coefficient (Wildman–Crippen LogP) is 5.69. The molecule has 4 rings (SSSR count). The fraction of sp³-hybridized carbons (Fsp3) is 0.207. The number of benzene rings is 4. The molecule has 1 N–H and O–H groups in total. The van der Waals surface area contributed by atoms with Crippen molar-refractivity contribution in [1.29, 1.82) is 0 Å². The number of anilines is 1. The van der Waals surface area contributed by atoms with Gasteiger partial charge < -0.3 is 10.1 Å². The monoisotopic (exact) mass is 536 g/mol. The minimum Gasteiger partial charge on any atom is -0.495 e. The molecule has 0 aliphatic rings. The molecule has 0 aromatic heterocycles. The number of methoxy groups -OCH3 is 1. The molecule has 0 bridgehead atoms. The van der Waals surface area contributed by atoms with Crippen LogP contribution in [0, 0.1) is 5.92 Å². The lowest BCUT2D eigenvalue weighted by molar-refractivity contribution is -0.119. The first kappa shape index (κ1) is 26.5. The summed E-state index contributed by atoms with van der Waals surface area (Å²) < 4.78 is 33.3. The first-order chi connectivity index (χ1) is 17.8. The van der Waals surface area contributed by atoms with Crippen LogP contribution in [-0.4, -0.2) is 34.5 Å². The topological polar surface area (TPSA) is 75.7 Å². The van der Waals surface area contributed by atoms with Crippen molar-refractivity contribution in [3.8, 4) is 5.75 Å². The van der Waals surface area contributed by atoms with Gasteiger partial charge in [-0.3, -0.25) is 9.10 Å². The maximum Gasteiger partial charge on any atom is 0.264 e. The van der Waals surface area contributed by atoms with Crippen LogP contribution < -0.4 is 14.4 Å². The van der Waals surface area contributed by atoms with Gasteiger partial charge in [0.15, 0.2) is 0 Å². The number of ether oxygens (including phenoxy) is 1. The molecule has 37 heavy (non-hydrogen) atoms. The number of hydrogen-bond donors (Lipinski definition) is 1. The van der Waals surface area contributed by atoms with Gasteiger partial charge in [0.05, 0.1) is 22.7 Å². The second-order valence-electron chi connectivity index (χ2n) is 8.90. The van der Waals surface area contributed by atoms with Crippen LogP contribution in [0.15, 0.2) is 95.9 Å². The summed E-state index contributed by atoms with van der Waals surface area (Å²) in [5.41, 5.74) is 1.48. The Morgan fingerprint density at radius 1 is 0.973 bits per heavy atom. The van der Waals surface area contributed by atoms with Gasteiger partial charge in [0.25, 0.3) is 10.0 Å². The van der Waals surface area contributed by atoms with Crippen molar-refractivity contribution < 1.29 is 17.9 Å². The van der Waals surface area contributed by atoms with Crippen LogP contribution in [0.1, 0.15) is 12.5 Å². The number of sulfonamides is 1. The van der Waals surface area contributed by atoms with Crippen molar-refractivity contribution in [3.05, 3.63) is 102 Å². The molecule has 1 atom stereocenters. The van der Waals surface area contributed by atoms with E-state index in [0.29, 0.717) is 12.3 Å². The number of fused-ring (bicyclic) bond motifs is 1. The number of halogens is 1. The van der Waals surface area contributed by atoms with Gasteiger partial charge in [0.1, 0.15) is 12.3 Å². The fourth-order valence-electron chi connectivity index (χ4n) is 4.24. The van der Waals surface area contributed by atoms with E-state index in [2.05, 4.69) is 36.5 Å². The highest BCUT2D eigenvalue weighted by atomic mass is 35.5. The van der Waals surface area contributed by atoms with Gasteiger partial charge in [-0.2, -0.15) is 0 Å². The van der Waals surface area contributed by atoms with Gasteiger partial charge in [-0.1, -0.05) is 79.2 Å². The van der Waals surface area contributed by atoms with Crippen molar-refractivity contribution in [1.82, 2.24) is 5.32 Å². The van der Waals surface area contributed by atoms with E-state index < -0.39 is 15.9 Å². The quantitative estimate of drug-likeness (QED) is 0.282. The number of carbonyl (C=O) groups excluding carboxylic acids is 1. The average molecular weight is 537 g/mol. The van der Waals surface area contributed by atoms with Crippen molar-refractivity contribution in [2.24, 2.45) is 5.92 Å². The van der Waals surface area contributed by atoms with E-state index in [1.807, 2.05) is 18.2 Å². The van der Waals surface area contributed by atoms with Crippen LogP contribution in [0.3, 0.4) is 0 Å². The molecule has 0 saturated carbocycles. The molecule has 0 heterocycles. The Balaban J connectivity index is 1.50. The van der Waals surface area contributed by atoms with Gasteiger partial charge >= 0.3 is 0 Å². The highest BCUT2D eigenvalue weighted by Gasteiger charge is 2.28. The number of hydrogen-bond acceptors (Lipinski definition) is 4. The lowest BCUT2D eigenvalue weighted by Gasteiger charge is -2.25. The molecule has 4 aromatic carbocycles. The smallest absolute Gasteiger partial charge is 0.264 e. The Morgan fingerprint density at radius 3 is 2.41 bits per heavy atom. The third-order valence-electron chi connectivity index (χ3n) is 6.14. The highest BCUT2D eigenvalue weighted by Crippen LogP contribution is 2.32. The van der Waals surface area contributed by atoms with Crippen molar-refractivity contribution in [3.63, 3.8) is 0 Å². The van der Waals surface area contributed by atoms with Crippen LogP contribution in [0.2, 0.25) is 5.02 Å². The number of nitrogens with one attached hydrogen (secondary N) is 1. The van der Waals surface area contributed by atoms with E-state index in [1.54, 1.807) is 30.3 Å². The van der Waals surface area contributed by atoms with E-state index in [1.165, 1.54) is 41.6 Å². The number of nitrogens with zero attached hydrogens (tertiary/aromatic N) is 1. The normalized spacial score (nSPS) is 12.2. The molecular weight excluding hydrogens is 508 g/mol. The van der Waals surface area contributed by atoms with Gasteiger partial charge in [0, 0.05) is 6.54 Å². The molecule has 0 saturated heterocycles. The molecule has 0 aliphatic carbocycles. The molecule has 0 spiro atoms. The van der Waals surface area contributed by atoms with E-state index in [9.17, 15) is 13.2 Å². The Bertz CT molecular complexity index is 1490. The molecule has 8 heteroatoms. The zero-order valence-electron chi connectivity index (χ0n) is 20.7. The highest BCUT2D eigenvalue weighted by molar-refractivity contribution is 7.92. The van der Waals surface area contributed by atoms with Crippen molar-refractivity contribution in [2.75, 3.05) is 24.5 Å². The molecular formula is C29H29ClN2O4S. The third kappa shape index (κ3) is 6.24. The van der Waals surface area contributed by atoms with E-state index in [4.69, 9.17) is 16.3 Å². The van der Waals surface area contributed by atoms with Crippen LogP contribution in [0.5, 0.6) is 5.75 Å². The second kappa shape index (κ2) is 11.7.